The molecule has 2 aromatic heterocycles. The highest BCUT2D eigenvalue weighted by Crippen LogP contribution is 2.45. The molecule has 1 saturated heterocycles. The molecule has 0 aliphatic carbocycles. The second-order valence-corrected chi connectivity index (χ2v) is 8.71. The Morgan fingerprint density at radius 1 is 0.829 bits per heavy atom. The molecule has 0 amide bonds. The zero-order valence-corrected chi connectivity index (χ0v) is 18.8. The van der Waals surface area contributed by atoms with Crippen LogP contribution in [0, 0.1) is 0 Å². The zero-order valence-electron chi connectivity index (χ0n) is 18.8. The molecule has 0 radical (unpaired) electrons. The molecule has 0 saturated carbocycles. The third-order valence-electron chi connectivity index (χ3n) is 6.37. The van der Waals surface area contributed by atoms with E-state index in [1.165, 1.54) is 18.4 Å². The number of likely N-dealkylation sites (N-methyl/N-ethyl adjacent to an activating group) is 1. The fourth-order valence-corrected chi connectivity index (χ4v) is 4.25. The number of hydrogen-bond acceptors (Lipinski definition) is 4. The Morgan fingerprint density at radius 3 is 2.23 bits per heavy atom. The van der Waals surface area contributed by atoms with Crippen LogP contribution in [0.3, 0.4) is 0 Å². The van der Waals surface area contributed by atoms with Crippen molar-refractivity contribution in [3.63, 3.8) is 0 Å². The van der Waals surface area contributed by atoms with Crippen LogP contribution < -0.4 is 4.90 Å². The van der Waals surface area contributed by atoms with E-state index < -0.39 is 17.7 Å². The Kier molecular flexibility index (Phi) is 5.75. The van der Waals surface area contributed by atoms with Crippen LogP contribution >= 0.6 is 0 Å². The van der Waals surface area contributed by atoms with E-state index in [1.54, 1.807) is 12.3 Å². The molecule has 0 bridgehead atoms. The highest BCUT2D eigenvalue weighted by Gasteiger charge is 2.58. The van der Waals surface area contributed by atoms with Crippen molar-refractivity contribution in [1.82, 2.24) is 9.88 Å². The Balaban J connectivity index is 1.42. The van der Waals surface area contributed by atoms with Gasteiger partial charge in [0.2, 0.25) is 0 Å². The third kappa shape index (κ3) is 4.36. The molecule has 1 fully saturated rings. The number of furan rings is 1. The average molecular weight is 487 g/mol. The number of hydrogen-bond donors (Lipinski definition) is 0. The predicted octanol–water partition coefficient (Wildman–Crippen LogP) is 6.57. The second-order valence-electron chi connectivity index (χ2n) is 8.71. The van der Waals surface area contributed by atoms with Gasteiger partial charge in [0.15, 0.2) is 5.58 Å². The lowest BCUT2D eigenvalue weighted by Crippen LogP contribution is -2.44. The Hall–Kier alpha value is -3.46. The smallest absolute Gasteiger partial charge is 0.458 e. The highest BCUT2D eigenvalue weighted by atomic mass is 19.4. The number of aromatic nitrogens is 1. The fraction of sp³-hybridized carbons (Fsp3) is 0.269. The number of pyridine rings is 1. The van der Waals surface area contributed by atoms with Crippen molar-refractivity contribution in [3.05, 3.63) is 72.6 Å². The van der Waals surface area contributed by atoms with E-state index in [1.807, 2.05) is 12.1 Å². The number of halogens is 5. The summed E-state index contributed by atoms with van der Waals surface area (Å²) in [7, 11) is 2.11. The average Bonchev–Trinajstić information content (AvgIpc) is 3.27. The van der Waals surface area contributed by atoms with E-state index in [9.17, 15) is 22.0 Å². The van der Waals surface area contributed by atoms with Gasteiger partial charge in [-0.25, -0.2) is 0 Å². The SMILES string of the molecule is CN1CCN(c2ccc(-c3cnc4c(-c5cccc(C(F)(F)C(F)(F)F)c5)coc4c3)cc2)CC1. The summed E-state index contributed by atoms with van der Waals surface area (Å²) in [4.78, 5) is 9.06. The molecule has 0 unspecified atom stereocenters. The minimum Gasteiger partial charge on any atom is -0.462 e. The summed E-state index contributed by atoms with van der Waals surface area (Å²) < 4.78 is 71.7. The standard InChI is InChI=1S/C26H22F5N3O/c1-33-9-11-34(12-10-33)21-7-5-17(6-8-21)19-14-23-24(32-15-19)22(16-35-23)18-3-2-4-20(13-18)25(27,28)26(29,30)31/h2-8,13-16H,9-12H2,1H3. The number of benzene rings is 2. The first-order valence-electron chi connectivity index (χ1n) is 11.1. The van der Waals surface area contributed by atoms with E-state index in [4.69, 9.17) is 4.42 Å². The van der Waals surface area contributed by atoms with E-state index in [0.29, 0.717) is 16.7 Å². The number of nitrogens with zero attached hydrogens (tertiary/aromatic N) is 3. The maximum Gasteiger partial charge on any atom is 0.458 e. The monoisotopic (exact) mass is 487 g/mol. The number of alkyl halides is 5. The number of rotatable bonds is 4. The van der Waals surface area contributed by atoms with Gasteiger partial charge in [-0.05, 0) is 42.4 Å². The van der Waals surface area contributed by atoms with Crippen molar-refractivity contribution in [1.29, 1.82) is 0 Å². The zero-order chi connectivity index (χ0) is 24.8. The van der Waals surface area contributed by atoms with Gasteiger partial charge in [0.1, 0.15) is 11.8 Å². The van der Waals surface area contributed by atoms with Gasteiger partial charge in [-0.1, -0.05) is 30.3 Å². The quantitative estimate of drug-likeness (QED) is 0.305. The van der Waals surface area contributed by atoms with Crippen LogP contribution in [-0.4, -0.2) is 49.3 Å². The molecule has 0 N–H and O–H groups in total. The van der Waals surface area contributed by atoms with Crippen molar-refractivity contribution in [2.75, 3.05) is 38.1 Å². The summed E-state index contributed by atoms with van der Waals surface area (Å²) in [6.45, 7) is 3.96. The van der Waals surface area contributed by atoms with Crippen LogP contribution in [-0.2, 0) is 5.92 Å². The summed E-state index contributed by atoms with van der Waals surface area (Å²) in [5, 5.41) is 0. The molecule has 3 heterocycles. The summed E-state index contributed by atoms with van der Waals surface area (Å²) in [6.07, 6.45) is -2.72. The van der Waals surface area contributed by atoms with Gasteiger partial charge in [0.25, 0.3) is 0 Å². The van der Waals surface area contributed by atoms with Crippen LogP contribution in [0.15, 0.2) is 71.5 Å². The molecule has 4 aromatic rings. The van der Waals surface area contributed by atoms with Gasteiger partial charge in [0.05, 0.1) is 0 Å². The number of fused-ring (bicyclic) bond motifs is 1. The molecule has 0 atom stereocenters. The lowest BCUT2D eigenvalue weighted by Gasteiger charge is -2.34. The van der Waals surface area contributed by atoms with Gasteiger partial charge in [-0.15, -0.1) is 0 Å². The van der Waals surface area contributed by atoms with Gasteiger partial charge < -0.3 is 14.2 Å². The highest BCUT2D eigenvalue weighted by molar-refractivity contribution is 5.92. The molecule has 0 spiro atoms. The van der Waals surface area contributed by atoms with Crippen LogP contribution in [0.5, 0.6) is 0 Å². The summed E-state index contributed by atoms with van der Waals surface area (Å²) >= 11 is 0. The van der Waals surface area contributed by atoms with Crippen molar-refractivity contribution in [3.8, 4) is 22.3 Å². The van der Waals surface area contributed by atoms with Gasteiger partial charge in [0, 0.05) is 54.8 Å². The van der Waals surface area contributed by atoms with Crippen molar-refractivity contribution in [2.24, 2.45) is 0 Å². The van der Waals surface area contributed by atoms with Crippen LogP contribution in [0.1, 0.15) is 5.56 Å². The molecule has 1 aliphatic rings. The van der Waals surface area contributed by atoms with Gasteiger partial charge in [-0.2, -0.15) is 22.0 Å². The first kappa shape index (κ1) is 23.3. The molecule has 35 heavy (non-hydrogen) atoms. The maximum atomic E-state index is 13.8. The minimum atomic E-state index is -5.68. The molecular formula is C26H22F5N3O. The fourth-order valence-electron chi connectivity index (χ4n) is 4.25. The Bertz CT molecular complexity index is 1340. The molecule has 182 valence electrons. The molecule has 5 rings (SSSR count). The first-order valence-corrected chi connectivity index (χ1v) is 11.1. The predicted molar refractivity (Wildman–Crippen MR) is 125 cm³/mol. The first-order chi connectivity index (χ1) is 16.6. The third-order valence-corrected chi connectivity index (χ3v) is 6.37. The van der Waals surface area contributed by atoms with Crippen LogP contribution in [0.2, 0.25) is 0 Å². The van der Waals surface area contributed by atoms with Crippen molar-refractivity contribution in [2.45, 2.75) is 12.1 Å². The van der Waals surface area contributed by atoms with E-state index in [-0.39, 0.29) is 5.56 Å². The molecule has 9 heteroatoms. The van der Waals surface area contributed by atoms with E-state index in [0.717, 1.165) is 55.1 Å². The normalized spacial score (nSPS) is 15.7. The van der Waals surface area contributed by atoms with Gasteiger partial charge in [-0.3, -0.25) is 4.98 Å². The molecule has 4 nitrogen and oxygen atoms in total. The van der Waals surface area contributed by atoms with Crippen molar-refractivity contribution < 1.29 is 26.4 Å². The summed E-state index contributed by atoms with van der Waals surface area (Å²) in [5.74, 6) is -4.96. The topological polar surface area (TPSA) is 32.5 Å². The van der Waals surface area contributed by atoms with Crippen molar-refractivity contribution >= 4 is 16.8 Å². The second kappa shape index (κ2) is 8.64. The van der Waals surface area contributed by atoms with Crippen LogP contribution in [0.4, 0.5) is 27.6 Å². The number of piperazine rings is 1. The Labute approximate surface area is 198 Å². The summed E-state index contributed by atoms with van der Waals surface area (Å²) in [5.41, 5.74) is 3.06. The summed E-state index contributed by atoms with van der Waals surface area (Å²) in [6, 6.07) is 14.1. The van der Waals surface area contributed by atoms with E-state index in [2.05, 4.69) is 34.0 Å². The molecule has 2 aromatic carbocycles. The largest absolute Gasteiger partial charge is 0.462 e. The maximum absolute atomic E-state index is 13.8. The minimum absolute atomic E-state index is 0.168. The van der Waals surface area contributed by atoms with Gasteiger partial charge >= 0.3 is 12.1 Å². The molecule has 1 aliphatic heterocycles. The number of anilines is 1. The lowest BCUT2D eigenvalue weighted by molar-refractivity contribution is -0.289. The lowest BCUT2D eigenvalue weighted by atomic mass is 10.0. The van der Waals surface area contributed by atoms with E-state index >= 15 is 0 Å². The Morgan fingerprint density at radius 2 is 1.54 bits per heavy atom. The van der Waals surface area contributed by atoms with Crippen LogP contribution in [0.25, 0.3) is 33.4 Å². The molecular weight excluding hydrogens is 465 g/mol.